The van der Waals surface area contributed by atoms with Crippen molar-refractivity contribution in [3.63, 3.8) is 0 Å². The van der Waals surface area contributed by atoms with Crippen LogP contribution >= 0.6 is 0 Å². The van der Waals surface area contributed by atoms with Gasteiger partial charge in [0.2, 0.25) is 0 Å². The number of hydrogen-bond donors (Lipinski definition) is 0. The van der Waals surface area contributed by atoms with E-state index in [-0.39, 0.29) is 11.7 Å². The first-order chi connectivity index (χ1) is 4.59. The summed E-state index contributed by atoms with van der Waals surface area (Å²) >= 11 is 0. The second-order valence-corrected chi connectivity index (χ2v) is 2.42. The summed E-state index contributed by atoms with van der Waals surface area (Å²) in [5.74, 6) is -0.189. The first-order valence-corrected chi connectivity index (χ1v) is 3.27. The lowest BCUT2D eigenvalue weighted by molar-refractivity contribution is 0.612. The number of hydrogen-bond acceptors (Lipinski definition) is 0. The molecule has 0 rings (SSSR count). The monoisotopic (exact) mass is 140 g/mol. The van der Waals surface area contributed by atoms with Crippen LogP contribution in [0.15, 0.2) is 36.7 Å². The predicted molar refractivity (Wildman–Crippen MR) is 43.4 cm³/mol. The Balaban J connectivity index is 4.41. The molecule has 0 aliphatic heterocycles. The van der Waals surface area contributed by atoms with Crippen LogP contribution in [0.5, 0.6) is 0 Å². The van der Waals surface area contributed by atoms with Crippen LogP contribution in [0, 0.1) is 5.92 Å². The Bertz CT molecular complexity index is 164. The first-order valence-electron chi connectivity index (χ1n) is 3.27. The molecule has 0 heterocycles. The number of rotatable bonds is 3. The lowest BCUT2D eigenvalue weighted by Crippen LogP contribution is -1.92. The van der Waals surface area contributed by atoms with Gasteiger partial charge in [0.05, 0.1) is 0 Å². The van der Waals surface area contributed by atoms with Gasteiger partial charge in [-0.15, -0.1) is 0 Å². The fourth-order valence-electron chi connectivity index (χ4n) is 0.723. The summed E-state index contributed by atoms with van der Waals surface area (Å²) in [6.45, 7) is 10.5. The minimum absolute atomic E-state index is 0.176. The number of halogens is 1. The molecular formula is C9H13F. The van der Waals surface area contributed by atoms with Gasteiger partial charge in [0, 0.05) is 0 Å². The molecule has 0 bridgehead atoms. The zero-order chi connectivity index (χ0) is 8.15. The normalized spacial score (nSPS) is 11.8. The Labute approximate surface area is 61.8 Å². The molecule has 10 heavy (non-hydrogen) atoms. The van der Waals surface area contributed by atoms with Crippen LogP contribution in [0.1, 0.15) is 13.8 Å². The van der Waals surface area contributed by atoms with Crippen LogP contribution in [-0.2, 0) is 0 Å². The van der Waals surface area contributed by atoms with Gasteiger partial charge in [0.15, 0.2) is 0 Å². The quantitative estimate of drug-likeness (QED) is 0.528. The van der Waals surface area contributed by atoms with E-state index in [0.29, 0.717) is 5.57 Å². The van der Waals surface area contributed by atoms with E-state index in [1.807, 2.05) is 13.8 Å². The van der Waals surface area contributed by atoms with E-state index in [2.05, 4.69) is 13.2 Å². The highest BCUT2D eigenvalue weighted by atomic mass is 19.1. The Morgan fingerprint density at radius 3 is 2.10 bits per heavy atom. The van der Waals surface area contributed by atoms with Crippen molar-refractivity contribution in [3.05, 3.63) is 36.7 Å². The lowest BCUT2D eigenvalue weighted by Gasteiger charge is -2.05. The molecule has 0 saturated heterocycles. The van der Waals surface area contributed by atoms with Crippen LogP contribution in [0.25, 0.3) is 0 Å². The second-order valence-electron chi connectivity index (χ2n) is 2.42. The van der Waals surface area contributed by atoms with E-state index >= 15 is 0 Å². The van der Waals surface area contributed by atoms with Crippen molar-refractivity contribution >= 4 is 0 Å². The Kier molecular flexibility index (Phi) is 3.70. The first kappa shape index (κ1) is 9.15. The minimum atomic E-state index is -0.366. The lowest BCUT2D eigenvalue weighted by atomic mass is 10.0. The van der Waals surface area contributed by atoms with Gasteiger partial charge in [-0.1, -0.05) is 39.2 Å². The molecule has 1 heteroatoms. The van der Waals surface area contributed by atoms with Gasteiger partial charge >= 0.3 is 0 Å². The third kappa shape index (κ3) is 2.62. The molecule has 0 spiro atoms. The zero-order valence-corrected chi connectivity index (χ0v) is 6.52. The van der Waals surface area contributed by atoms with Gasteiger partial charge in [0.25, 0.3) is 0 Å². The summed E-state index contributed by atoms with van der Waals surface area (Å²) in [6.07, 6.45) is 3.22. The summed E-state index contributed by atoms with van der Waals surface area (Å²) in [5, 5.41) is 0. The molecule has 0 nitrogen and oxygen atoms in total. The van der Waals surface area contributed by atoms with E-state index in [1.54, 1.807) is 12.2 Å². The number of allylic oxidation sites excluding steroid dienone is 4. The summed E-state index contributed by atoms with van der Waals surface area (Å²) in [5.41, 5.74) is 0.620. The largest absolute Gasteiger partial charge is 0.207 e. The molecule has 0 atom stereocenters. The van der Waals surface area contributed by atoms with Crippen LogP contribution < -0.4 is 0 Å². The fourth-order valence-corrected chi connectivity index (χ4v) is 0.723. The molecule has 0 radical (unpaired) electrons. The SMILES string of the molecule is C=C/C=C(\C(=C)F)C(C)C. The molecule has 0 amide bonds. The van der Waals surface area contributed by atoms with Gasteiger partial charge in [-0.25, -0.2) is 4.39 Å². The van der Waals surface area contributed by atoms with Gasteiger partial charge < -0.3 is 0 Å². The maximum Gasteiger partial charge on any atom is 0.119 e. The van der Waals surface area contributed by atoms with E-state index in [4.69, 9.17) is 0 Å². The molecule has 56 valence electrons. The van der Waals surface area contributed by atoms with Crippen molar-refractivity contribution in [2.75, 3.05) is 0 Å². The van der Waals surface area contributed by atoms with Crippen molar-refractivity contribution < 1.29 is 4.39 Å². The standard InChI is InChI=1S/C9H13F/c1-5-6-9(7(2)3)8(4)10/h5-7H,1,4H2,2-3H3/b9-6-. The average Bonchev–Trinajstić information content (AvgIpc) is 1.81. The van der Waals surface area contributed by atoms with E-state index < -0.39 is 0 Å². The zero-order valence-electron chi connectivity index (χ0n) is 6.52. The Hall–Kier alpha value is -0.850. The molecule has 0 fully saturated rings. The summed E-state index contributed by atoms with van der Waals surface area (Å²) < 4.78 is 12.5. The van der Waals surface area contributed by atoms with Gasteiger partial charge in [-0.05, 0) is 11.5 Å². The highest BCUT2D eigenvalue weighted by Gasteiger charge is 2.04. The van der Waals surface area contributed by atoms with Crippen molar-refractivity contribution in [3.8, 4) is 0 Å². The van der Waals surface area contributed by atoms with Crippen LogP contribution in [0.2, 0.25) is 0 Å². The predicted octanol–water partition coefficient (Wildman–Crippen LogP) is 3.24. The molecule has 0 aliphatic carbocycles. The molecule has 0 aromatic carbocycles. The van der Waals surface area contributed by atoms with Crippen LogP contribution in [0.4, 0.5) is 4.39 Å². The van der Waals surface area contributed by atoms with Gasteiger partial charge in [-0.2, -0.15) is 0 Å². The second kappa shape index (κ2) is 4.04. The van der Waals surface area contributed by atoms with Crippen molar-refractivity contribution in [2.45, 2.75) is 13.8 Å². The summed E-state index contributed by atoms with van der Waals surface area (Å²) in [6, 6.07) is 0. The third-order valence-electron chi connectivity index (χ3n) is 1.23. The van der Waals surface area contributed by atoms with Crippen LogP contribution in [-0.4, -0.2) is 0 Å². The highest BCUT2D eigenvalue weighted by Crippen LogP contribution is 2.18. The summed E-state index contributed by atoms with van der Waals surface area (Å²) in [7, 11) is 0. The van der Waals surface area contributed by atoms with Crippen molar-refractivity contribution in [2.24, 2.45) is 5.92 Å². The molecular weight excluding hydrogens is 127 g/mol. The molecule has 0 aliphatic rings. The van der Waals surface area contributed by atoms with E-state index in [0.717, 1.165) is 0 Å². The Morgan fingerprint density at radius 2 is 2.00 bits per heavy atom. The molecule has 0 aromatic rings. The maximum absolute atomic E-state index is 12.5. The van der Waals surface area contributed by atoms with Gasteiger partial charge in [0.1, 0.15) is 5.83 Å². The van der Waals surface area contributed by atoms with Crippen molar-refractivity contribution in [1.29, 1.82) is 0 Å². The maximum atomic E-state index is 12.5. The molecule has 0 aromatic heterocycles. The summed E-state index contributed by atoms with van der Waals surface area (Å²) in [4.78, 5) is 0. The van der Waals surface area contributed by atoms with Crippen LogP contribution in [0.3, 0.4) is 0 Å². The fraction of sp³-hybridized carbons (Fsp3) is 0.333. The molecule has 0 unspecified atom stereocenters. The highest BCUT2D eigenvalue weighted by molar-refractivity contribution is 5.27. The average molecular weight is 140 g/mol. The van der Waals surface area contributed by atoms with E-state index in [9.17, 15) is 4.39 Å². The van der Waals surface area contributed by atoms with Gasteiger partial charge in [-0.3, -0.25) is 0 Å². The third-order valence-corrected chi connectivity index (χ3v) is 1.23. The van der Waals surface area contributed by atoms with E-state index in [1.165, 1.54) is 0 Å². The smallest absolute Gasteiger partial charge is 0.119 e. The van der Waals surface area contributed by atoms with Crippen molar-refractivity contribution in [1.82, 2.24) is 0 Å². The topological polar surface area (TPSA) is 0 Å². The molecule has 0 N–H and O–H groups in total. The molecule has 0 saturated carbocycles. The Morgan fingerprint density at radius 1 is 1.50 bits per heavy atom. The minimum Gasteiger partial charge on any atom is -0.207 e.